The Morgan fingerprint density at radius 1 is 1.28 bits per heavy atom. The Labute approximate surface area is 193 Å². The second-order valence-electron chi connectivity index (χ2n) is 9.72. The maximum atomic E-state index is 13.8. The number of aliphatic hydroxyl groups excluding tert-OH is 1. The van der Waals surface area contributed by atoms with Gasteiger partial charge in [-0.25, -0.2) is 0 Å². The third-order valence-corrected chi connectivity index (χ3v) is 9.45. The van der Waals surface area contributed by atoms with E-state index in [0.29, 0.717) is 6.42 Å². The first-order valence-electron chi connectivity index (χ1n) is 11.4. The fourth-order valence-corrected chi connectivity index (χ4v) is 8.11. The van der Waals surface area contributed by atoms with E-state index >= 15 is 0 Å². The predicted octanol–water partition coefficient (Wildman–Crippen LogP) is 2.10. The lowest BCUT2D eigenvalue weighted by molar-refractivity contribution is -0.142. The van der Waals surface area contributed by atoms with Crippen LogP contribution in [0.5, 0.6) is 0 Å². The first-order chi connectivity index (χ1) is 15.2. The van der Waals surface area contributed by atoms with Crippen LogP contribution in [-0.4, -0.2) is 63.5 Å². The lowest BCUT2D eigenvalue weighted by Gasteiger charge is -2.38. The Hall–Kier alpha value is -2.06. The normalized spacial score (nSPS) is 31.7. The highest BCUT2D eigenvalue weighted by molar-refractivity contribution is 8.02. The number of rotatable bonds is 6. The minimum Gasteiger partial charge on any atom is -0.394 e. The number of carbonyl (C=O) groups excluding carboxylic acids is 3. The standard InChI is InChI=1S/C24H33N3O4S/c1-12(2)16(11-28)27-20(22(30)26-15-10-13(3)6-7-14(15)4)24-9-8-17(32-24)18(21(29)25-5)19(24)23(27)31/h6-7,10,12,16-20,28H,8-9,11H2,1-5H3,(H,25,29)(H,26,30)/t16-,17+,18-,19-,20?,24?/m0/s1. The molecule has 0 aromatic heterocycles. The predicted molar refractivity (Wildman–Crippen MR) is 125 cm³/mol. The van der Waals surface area contributed by atoms with E-state index in [2.05, 4.69) is 10.6 Å². The smallest absolute Gasteiger partial charge is 0.248 e. The van der Waals surface area contributed by atoms with Crippen LogP contribution in [0.4, 0.5) is 5.69 Å². The van der Waals surface area contributed by atoms with Crippen molar-refractivity contribution in [3.8, 4) is 0 Å². The summed E-state index contributed by atoms with van der Waals surface area (Å²) < 4.78 is -0.650. The van der Waals surface area contributed by atoms with Gasteiger partial charge in [-0.1, -0.05) is 26.0 Å². The molecule has 32 heavy (non-hydrogen) atoms. The zero-order chi connectivity index (χ0) is 23.4. The summed E-state index contributed by atoms with van der Waals surface area (Å²) >= 11 is 1.64. The Balaban J connectivity index is 1.78. The summed E-state index contributed by atoms with van der Waals surface area (Å²) in [7, 11) is 1.60. The van der Waals surface area contributed by atoms with E-state index in [4.69, 9.17) is 0 Å². The lowest BCUT2D eigenvalue weighted by atomic mass is 9.70. The van der Waals surface area contributed by atoms with Crippen LogP contribution < -0.4 is 10.6 Å². The van der Waals surface area contributed by atoms with Gasteiger partial charge in [0.25, 0.3) is 0 Å². The van der Waals surface area contributed by atoms with Crippen LogP contribution in [0, 0.1) is 31.6 Å². The van der Waals surface area contributed by atoms with Crippen LogP contribution in [0.15, 0.2) is 18.2 Å². The number of hydrogen-bond donors (Lipinski definition) is 3. The van der Waals surface area contributed by atoms with Gasteiger partial charge >= 0.3 is 0 Å². The number of aryl methyl sites for hydroxylation is 2. The third-order valence-electron chi connectivity index (χ3n) is 7.50. The molecule has 0 saturated carbocycles. The molecule has 1 aromatic carbocycles. The highest BCUT2D eigenvalue weighted by Crippen LogP contribution is 2.66. The molecule has 0 aliphatic carbocycles. The fourth-order valence-electron chi connectivity index (χ4n) is 5.91. The van der Waals surface area contributed by atoms with Gasteiger partial charge in [-0.05, 0) is 49.8 Å². The van der Waals surface area contributed by atoms with Gasteiger partial charge in [0, 0.05) is 18.0 Å². The Kier molecular flexibility index (Phi) is 6.05. The summed E-state index contributed by atoms with van der Waals surface area (Å²) in [6.07, 6.45) is 1.52. The van der Waals surface area contributed by atoms with Crippen molar-refractivity contribution < 1.29 is 19.5 Å². The largest absolute Gasteiger partial charge is 0.394 e. The minimum absolute atomic E-state index is 0.0316. The molecule has 1 aromatic rings. The van der Waals surface area contributed by atoms with Crippen molar-refractivity contribution in [2.24, 2.45) is 17.8 Å². The molecule has 3 saturated heterocycles. The summed E-state index contributed by atoms with van der Waals surface area (Å²) in [5.41, 5.74) is 2.71. The molecular formula is C24H33N3O4S. The molecule has 2 unspecified atom stereocenters. The molecule has 0 radical (unpaired) electrons. The molecule has 3 N–H and O–H groups in total. The van der Waals surface area contributed by atoms with Gasteiger partial charge in [0.2, 0.25) is 17.7 Å². The Morgan fingerprint density at radius 3 is 2.62 bits per heavy atom. The molecule has 6 atom stereocenters. The summed E-state index contributed by atoms with van der Waals surface area (Å²) in [6, 6.07) is 4.67. The topological polar surface area (TPSA) is 98.7 Å². The van der Waals surface area contributed by atoms with Crippen molar-refractivity contribution >= 4 is 35.2 Å². The van der Waals surface area contributed by atoms with Crippen molar-refractivity contribution in [1.29, 1.82) is 0 Å². The quantitative estimate of drug-likeness (QED) is 0.605. The van der Waals surface area contributed by atoms with E-state index in [1.807, 2.05) is 45.9 Å². The van der Waals surface area contributed by atoms with Crippen molar-refractivity contribution in [1.82, 2.24) is 10.2 Å². The van der Waals surface area contributed by atoms with E-state index in [0.717, 1.165) is 23.2 Å². The summed E-state index contributed by atoms with van der Waals surface area (Å²) in [5, 5.41) is 16.0. The zero-order valence-electron chi connectivity index (χ0n) is 19.3. The number of likely N-dealkylation sites (tertiary alicyclic amines) is 1. The molecule has 8 heteroatoms. The summed E-state index contributed by atoms with van der Waals surface area (Å²) in [6.45, 7) is 7.58. The zero-order valence-corrected chi connectivity index (χ0v) is 20.2. The maximum absolute atomic E-state index is 13.8. The molecule has 3 fully saturated rings. The number of nitrogens with one attached hydrogen (secondary N) is 2. The number of aliphatic hydroxyl groups is 1. The highest BCUT2D eigenvalue weighted by atomic mass is 32.2. The molecule has 174 valence electrons. The number of fused-ring (bicyclic) bond motifs is 1. The average Bonchev–Trinajstić information content (AvgIpc) is 3.38. The number of nitrogens with zero attached hydrogens (tertiary/aromatic N) is 1. The highest BCUT2D eigenvalue weighted by Gasteiger charge is 2.74. The average molecular weight is 460 g/mol. The molecule has 3 aliphatic rings. The summed E-state index contributed by atoms with van der Waals surface area (Å²) in [4.78, 5) is 42.1. The number of carbonyl (C=O) groups is 3. The monoisotopic (exact) mass is 459 g/mol. The number of hydrogen-bond acceptors (Lipinski definition) is 5. The number of amides is 3. The second-order valence-corrected chi connectivity index (χ2v) is 11.3. The molecule has 1 spiro atoms. The molecule has 4 rings (SSSR count). The number of anilines is 1. The lowest BCUT2D eigenvalue weighted by Crippen LogP contribution is -2.56. The first-order valence-corrected chi connectivity index (χ1v) is 12.2. The van der Waals surface area contributed by atoms with Crippen molar-refractivity contribution in [3.63, 3.8) is 0 Å². The molecular weight excluding hydrogens is 426 g/mol. The molecule has 3 amide bonds. The van der Waals surface area contributed by atoms with Gasteiger partial charge in [0.1, 0.15) is 6.04 Å². The van der Waals surface area contributed by atoms with E-state index < -0.39 is 28.7 Å². The minimum atomic E-state index is -0.732. The first kappa shape index (κ1) is 23.1. The van der Waals surface area contributed by atoms with Crippen molar-refractivity contribution in [2.75, 3.05) is 19.0 Å². The Bertz CT molecular complexity index is 951. The van der Waals surface area contributed by atoms with Gasteiger partial charge in [0.05, 0.1) is 29.2 Å². The third kappa shape index (κ3) is 3.34. The molecule has 3 heterocycles. The van der Waals surface area contributed by atoms with E-state index in [1.165, 1.54) is 0 Å². The SMILES string of the molecule is CNC(=O)[C@@H]1[C@H]2C(=O)N([C@@H](CO)C(C)C)C(C(=O)Nc3cc(C)ccc3C)C23CC[C@H]1S3. The molecule has 3 aliphatic heterocycles. The maximum Gasteiger partial charge on any atom is 0.248 e. The fraction of sp³-hybridized carbons (Fsp3) is 0.625. The van der Waals surface area contributed by atoms with Gasteiger partial charge in [0.15, 0.2) is 0 Å². The molecule has 2 bridgehead atoms. The van der Waals surface area contributed by atoms with Crippen LogP contribution in [-0.2, 0) is 14.4 Å². The van der Waals surface area contributed by atoms with Gasteiger partial charge in [-0.3, -0.25) is 14.4 Å². The van der Waals surface area contributed by atoms with Crippen LogP contribution in [0.1, 0.15) is 37.8 Å². The Morgan fingerprint density at radius 2 is 2.00 bits per heavy atom. The van der Waals surface area contributed by atoms with Gasteiger partial charge in [-0.15, -0.1) is 11.8 Å². The van der Waals surface area contributed by atoms with Crippen LogP contribution >= 0.6 is 11.8 Å². The van der Waals surface area contributed by atoms with E-state index in [1.54, 1.807) is 23.7 Å². The van der Waals surface area contributed by atoms with Crippen LogP contribution in [0.2, 0.25) is 0 Å². The van der Waals surface area contributed by atoms with Gasteiger partial charge in [-0.2, -0.15) is 0 Å². The number of thioether (sulfide) groups is 1. The van der Waals surface area contributed by atoms with Crippen LogP contribution in [0.3, 0.4) is 0 Å². The van der Waals surface area contributed by atoms with Gasteiger partial charge < -0.3 is 20.6 Å². The van der Waals surface area contributed by atoms with Crippen molar-refractivity contribution in [2.45, 2.75) is 62.6 Å². The van der Waals surface area contributed by atoms with Crippen LogP contribution in [0.25, 0.3) is 0 Å². The number of benzene rings is 1. The van der Waals surface area contributed by atoms with Crippen molar-refractivity contribution in [3.05, 3.63) is 29.3 Å². The van der Waals surface area contributed by atoms with E-state index in [-0.39, 0.29) is 35.5 Å². The second kappa shape index (κ2) is 8.37. The molecule has 7 nitrogen and oxygen atoms in total. The summed E-state index contributed by atoms with van der Waals surface area (Å²) in [5.74, 6) is -1.58. The van der Waals surface area contributed by atoms with E-state index in [9.17, 15) is 19.5 Å².